The summed E-state index contributed by atoms with van der Waals surface area (Å²) >= 11 is 0. The van der Waals surface area contributed by atoms with Gasteiger partial charge in [0.1, 0.15) is 5.82 Å². The van der Waals surface area contributed by atoms with Crippen molar-refractivity contribution in [2.24, 2.45) is 5.92 Å². The molecule has 0 unspecified atom stereocenters. The van der Waals surface area contributed by atoms with Gasteiger partial charge in [0.05, 0.1) is 6.10 Å². The van der Waals surface area contributed by atoms with E-state index in [1.54, 1.807) is 0 Å². The highest BCUT2D eigenvalue weighted by Crippen LogP contribution is 2.25. The number of hydrogen-bond acceptors (Lipinski definition) is 2. The molecule has 1 heterocycles. The molecular formula is C25H35FN2O. The molecule has 0 saturated heterocycles. The van der Waals surface area contributed by atoms with Gasteiger partial charge in [-0.3, -0.25) is 4.90 Å². The molecule has 4 heteroatoms. The van der Waals surface area contributed by atoms with Crippen LogP contribution >= 0.6 is 0 Å². The van der Waals surface area contributed by atoms with Crippen molar-refractivity contribution >= 4 is 0 Å². The van der Waals surface area contributed by atoms with Crippen molar-refractivity contribution in [2.75, 3.05) is 13.1 Å². The second-order valence-electron chi connectivity index (χ2n) is 8.47. The van der Waals surface area contributed by atoms with Crippen molar-refractivity contribution in [3.8, 4) is 0 Å². The third-order valence-electron chi connectivity index (χ3n) is 5.99. The van der Waals surface area contributed by atoms with E-state index in [4.69, 9.17) is 0 Å². The SMILES string of the molecule is C=CCC[C@H](O)CN(Cc1cccn1Cc1ccc(F)cc1)CC1CCCCC1. The highest BCUT2D eigenvalue weighted by molar-refractivity contribution is 5.18. The summed E-state index contributed by atoms with van der Waals surface area (Å²) in [5.41, 5.74) is 2.33. The van der Waals surface area contributed by atoms with Gasteiger partial charge in [0.2, 0.25) is 0 Å². The molecule has 29 heavy (non-hydrogen) atoms. The molecule has 1 N–H and O–H groups in total. The van der Waals surface area contributed by atoms with Gasteiger partial charge in [-0.1, -0.05) is 37.5 Å². The first-order valence-electron chi connectivity index (χ1n) is 11.0. The standard InChI is InChI=1S/C25H35FN2O/c1-2-3-11-25(29)20-27(17-21-8-5-4-6-9-21)19-24-10-7-16-28(24)18-22-12-14-23(26)15-13-22/h2,7,10,12-16,21,25,29H,1,3-6,8-9,11,17-20H2/t25-/m0/s1. The van der Waals surface area contributed by atoms with Crippen LogP contribution in [0.25, 0.3) is 0 Å². The van der Waals surface area contributed by atoms with E-state index in [2.05, 4.69) is 34.4 Å². The maximum atomic E-state index is 13.2. The first kappa shape index (κ1) is 21.8. The largest absolute Gasteiger partial charge is 0.392 e. The second kappa shape index (κ2) is 11.3. The van der Waals surface area contributed by atoms with Gasteiger partial charge in [-0.25, -0.2) is 4.39 Å². The lowest BCUT2D eigenvalue weighted by molar-refractivity contribution is 0.0864. The van der Waals surface area contributed by atoms with E-state index in [-0.39, 0.29) is 11.9 Å². The molecule has 0 amide bonds. The van der Waals surface area contributed by atoms with Gasteiger partial charge < -0.3 is 9.67 Å². The van der Waals surface area contributed by atoms with Crippen LogP contribution in [-0.4, -0.2) is 33.8 Å². The minimum Gasteiger partial charge on any atom is -0.392 e. The Hall–Kier alpha value is -1.91. The summed E-state index contributed by atoms with van der Waals surface area (Å²) in [5.74, 6) is 0.532. The number of hydrogen-bond donors (Lipinski definition) is 1. The Morgan fingerprint density at radius 1 is 1.17 bits per heavy atom. The molecule has 1 aromatic heterocycles. The Morgan fingerprint density at radius 3 is 2.66 bits per heavy atom. The van der Waals surface area contributed by atoms with Crippen LogP contribution in [0.1, 0.15) is 56.2 Å². The fourth-order valence-electron chi connectivity index (χ4n) is 4.40. The predicted molar refractivity (Wildman–Crippen MR) is 117 cm³/mol. The normalized spacial score (nSPS) is 16.2. The number of rotatable bonds is 11. The van der Waals surface area contributed by atoms with Crippen LogP contribution < -0.4 is 0 Å². The zero-order valence-corrected chi connectivity index (χ0v) is 17.5. The highest BCUT2D eigenvalue weighted by atomic mass is 19.1. The number of nitrogens with zero attached hydrogens (tertiary/aromatic N) is 2. The van der Waals surface area contributed by atoms with Crippen LogP contribution in [0.3, 0.4) is 0 Å². The number of aliphatic hydroxyl groups is 1. The lowest BCUT2D eigenvalue weighted by Crippen LogP contribution is -2.36. The van der Waals surface area contributed by atoms with Crippen LogP contribution in [0, 0.1) is 11.7 Å². The summed E-state index contributed by atoms with van der Waals surface area (Å²) in [7, 11) is 0. The number of aliphatic hydroxyl groups excluding tert-OH is 1. The molecule has 1 aromatic carbocycles. The first-order valence-corrected chi connectivity index (χ1v) is 11.0. The third-order valence-corrected chi connectivity index (χ3v) is 5.99. The van der Waals surface area contributed by atoms with E-state index in [9.17, 15) is 9.50 Å². The molecular weight excluding hydrogens is 363 g/mol. The average Bonchev–Trinajstić information content (AvgIpc) is 3.15. The molecule has 1 aliphatic carbocycles. The van der Waals surface area contributed by atoms with Gasteiger partial charge in [0, 0.05) is 38.1 Å². The molecule has 2 aromatic rings. The van der Waals surface area contributed by atoms with Gasteiger partial charge in [0.15, 0.2) is 0 Å². The molecule has 1 saturated carbocycles. The maximum absolute atomic E-state index is 13.2. The molecule has 0 aliphatic heterocycles. The van der Waals surface area contributed by atoms with Crippen molar-refractivity contribution in [3.05, 3.63) is 72.3 Å². The molecule has 3 rings (SSSR count). The maximum Gasteiger partial charge on any atom is 0.123 e. The molecule has 3 nitrogen and oxygen atoms in total. The molecule has 1 aliphatic rings. The molecule has 158 valence electrons. The Bertz CT molecular complexity index is 734. The Balaban J connectivity index is 1.66. The smallest absolute Gasteiger partial charge is 0.123 e. The van der Waals surface area contributed by atoms with Crippen molar-refractivity contribution < 1.29 is 9.50 Å². The van der Waals surface area contributed by atoms with E-state index >= 15 is 0 Å². The number of benzene rings is 1. The quantitative estimate of drug-likeness (QED) is 0.515. The summed E-state index contributed by atoms with van der Waals surface area (Å²) < 4.78 is 15.4. The van der Waals surface area contributed by atoms with Crippen molar-refractivity contribution in [1.29, 1.82) is 0 Å². The van der Waals surface area contributed by atoms with Gasteiger partial charge in [-0.15, -0.1) is 6.58 Å². The van der Waals surface area contributed by atoms with E-state index < -0.39 is 0 Å². The minimum atomic E-state index is -0.322. The van der Waals surface area contributed by atoms with E-state index in [0.717, 1.165) is 44.0 Å². The van der Waals surface area contributed by atoms with Crippen molar-refractivity contribution in [3.63, 3.8) is 0 Å². The molecule has 0 bridgehead atoms. The molecule has 1 fully saturated rings. The minimum absolute atomic E-state index is 0.200. The van der Waals surface area contributed by atoms with Crippen LogP contribution in [-0.2, 0) is 13.1 Å². The zero-order valence-electron chi connectivity index (χ0n) is 17.5. The molecule has 0 radical (unpaired) electrons. The summed E-state index contributed by atoms with van der Waals surface area (Å²) in [6.07, 6.45) is 11.9. The monoisotopic (exact) mass is 398 g/mol. The topological polar surface area (TPSA) is 28.4 Å². The lowest BCUT2D eigenvalue weighted by Gasteiger charge is -2.31. The first-order chi connectivity index (χ1) is 14.1. The Morgan fingerprint density at radius 2 is 1.93 bits per heavy atom. The van der Waals surface area contributed by atoms with Gasteiger partial charge in [-0.2, -0.15) is 0 Å². The number of halogens is 1. The zero-order chi connectivity index (χ0) is 20.5. The van der Waals surface area contributed by atoms with Crippen LogP contribution in [0.15, 0.2) is 55.3 Å². The molecule has 1 atom stereocenters. The summed E-state index contributed by atoms with van der Waals surface area (Å²) in [6, 6.07) is 11.0. The average molecular weight is 399 g/mol. The lowest BCUT2D eigenvalue weighted by atomic mass is 9.89. The summed E-state index contributed by atoms with van der Waals surface area (Å²) in [4.78, 5) is 2.43. The van der Waals surface area contributed by atoms with Gasteiger partial charge >= 0.3 is 0 Å². The third kappa shape index (κ3) is 7.13. The second-order valence-corrected chi connectivity index (χ2v) is 8.47. The van der Waals surface area contributed by atoms with Gasteiger partial charge in [-0.05, 0) is 61.4 Å². The van der Waals surface area contributed by atoms with Crippen molar-refractivity contribution in [2.45, 2.75) is 64.1 Å². The molecule has 0 spiro atoms. The van der Waals surface area contributed by atoms with Crippen molar-refractivity contribution in [1.82, 2.24) is 9.47 Å². The Labute approximate surface area is 174 Å². The van der Waals surface area contributed by atoms with Crippen LogP contribution in [0.2, 0.25) is 0 Å². The van der Waals surface area contributed by atoms with Gasteiger partial charge in [0.25, 0.3) is 0 Å². The summed E-state index contributed by atoms with van der Waals surface area (Å²) in [5, 5.41) is 10.5. The predicted octanol–water partition coefficient (Wildman–Crippen LogP) is 5.38. The summed E-state index contributed by atoms with van der Waals surface area (Å²) in [6.45, 7) is 7.08. The highest BCUT2D eigenvalue weighted by Gasteiger charge is 2.20. The van der Waals surface area contributed by atoms with Crippen LogP contribution in [0.4, 0.5) is 4.39 Å². The van der Waals surface area contributed by atoms with E-state index in [1.165, 1.54) is 49.9 Å². The fraction of sp³-hybridized carbons (Fsp3) is 0.520. The fourth-order valence-corrected chi connectivity index (χ4v) is 4.40. The van der Waals surface area contributed by atoms with E-state index in [1.807, 2.05) is 18.2 Å². The number of allylic oxidation sites excluding steroid dienone is 1. The number of aromatic nitrogens is 1. The van der Waals surface area contributed by atoms with Crippen LogP contribution in [0.5, 0.6) is 0 Å². The van der Waals surface area contributed by atoms with E-state index in [0.29, 0.717) is 6.54 Å². The Kier molecular flexibility index (Phi) is 8.51.